The van der Waals surface area contributed by atoms with Crippen molar-refractivity contribution in [2.75, 3.05) is 0 Å². The van der Waals surface area contributed by atoms with E-state index in [9.17, 15) is 35.1 Å². The van der Waals surface area contributed by atoms with E-state index in [1.54, 1.807) is 41.5 Å². The Balaban J connectivity index is 0.000000243. The van der Waals surface area contributed by atoms with Gasteiger partial charge in [-0.1, -0.05) is 88.6 Å². The molecule has 2 amide bonds. The molecule has 3 saturated heterocycles. The van der Waals surface area contributed by atoms with Gasteiger partial charge in [-0.15, -0.1) is 0 Å². The molecule has 10 rings (SSSR count). The van der Waals surface area contributed by atoms with Crippen LogP contribution in [0.25, 0.3) is 0 Å². The molecule has 0 aromatic heterocycles. The third kappa shape index (κ3) is 27.9. The second kappa shape index (κ2) is 34.0. The van der Waals surface area contributed by atoms with Gasteiger partial charge >= 0.3 is 12.2 Å². The summed E-state index contributed by atoms with van der Waals surface area (Å²) < 4.78 is 26.0. The Hall–Kier alpha value is -1.88. The first kappa shape index (κ1) is 70.4. The van der Waals surface area contributed by atoms with Crippen LogP contribution >= 0.6 is 31.9 Å². The van der Waals surface area contributed by atoms with Crippen molar-refractivity contribution in [3.05, 3.63) is 36.5 Å². The van der Waals surface area contributed by atoms with E-state index in [1.807, 2.05) is 6.08 Å². The lowest BCUT2D eigenvalue weighted by atomic mass is 9.87. The maximum Gasteiger partial charge on any atom is 0.407 e. The molecule has 8 fully saturated rings. The van der Waals surface area contributed by atoms with Crippen LogP contribution in [0, 0.1) is 0 Å². The highest BCUT2D eigenvalue weighted by Crippen LogP contribution is 2.46. The summed E-state index contributed by atoms with van der Waals surface area (Å²) in [7, 11) is 0. The van der Waals surface area contributed by atoms with Gasteiger partial charge in [-0.2, -0.15) is 0 Å². The van der Waals surface area contributed by atoms with E-state index in [1.165, 1.54) is 19.3 Å². The monoisotopic (exact) mass is 1240 g/mol. The van der Waals surface area contributed by atoms with E-state index >= 15 is 0 Å². The number of nitrogens with two attached hydrogens (primary N) is 4. The summed E-state index contributed by atoms with van der Waals surface area (Å²) in [6.07, 6.45) is 21.6. The SMILES string of the molecule is C1=CCC=CC1.C1[C@@H]2O[C@@H]2C[C@@H]2O[C@H]12.CC(C)(C)OC(=O)N[C@@H]1C[C@H](N)[C@@H](O)C[C@H]1O.CC(C)(C)OC(=O)N[C@H]1C[C@@H](N)[C@H](O)C[C@@H]1O.CCC.N[C@@H]1C[C@H](N)[C@@H](O)C[C@H]1O.O[C@@H]1CC=CC[C@H]1Br.O[C@@H]1C[C@@H]2O[C@@H]2C[C@H]1Br. The number of alkyl halides is 2. The number of halogens is 2. The third-order valence-corrected chi connectivity index (χ3v) is 15.9. The number of nitrogens with one attached hydrogen (secondary N) is 2. The van der Waals surface area contributed by atoms with Crippen LogP contribution in [0.1, 0.15) is 152 Å². The second-order valence-corrected chi connectivity index (χ2v) is 26.1. The number of carbonyl (C=O) groups excluding carboxylic acids is 2. The summed E-state index contributed by atoms with van der Waals surface area (Å²) in [5.74, 6) is 0. The van der Waals surface area contributed by atoms with Crippen LogP contribution in [0.15, 0.2) is 36.5 Å². The number of hydrogen-bond acceptors (Lipinski definition) is 19. The third-order valence-electron chi connectivity index (χ3n) is 13.9. The molecule has 0 bridgehead atoms. The van der Waals surface area contributed by atoms with E-state index in [2.05, 4.69) is 86.7 Å². The molecule has 7 aliphatic carbocycles. The van der Waals surface area contributed by atoms with Gasteiger partial charge in [0.25, 0.3) is 0 Å². The van der Waals surface area contributed by atoms with Crippen LogP contribution in [0.2, 0.25) is 0 Å². The largest absolute Gasteiger partial charge is 0.444 e. The van der Waals surface area contributed by atoms with Crippen LogP contribution in [0.5, 0.6) is 0 Å². The number of fused-ring (bicyclic) bond motifs is 3. The van der Waals surface area contributed by atoms with Gasteiger partial charge in [-0.25, -0.2) is 9.59 Å². The normalized spacial score (nSPS) is 40.1. The van der Waals surface area contributed by atoms with Crippen LogP contribution in [0.3, 0.4) is 0 Å². The Labute approximate surface area is 480 Å². The summed E-state index contributed by atoms with van der Waals surface area (Å²) in [6.45, 7) is 14.8. The molecule has 23 heteroatoms. The summed E-state index contributed by atoms with van der Waals surface area (Å²) >= 11 is 6.74. The molecule has 3 heterocycles. The number of epoxide rings is 3. The van der Waals surface area contributed by atoms with Gasteiger partial charge in [0.2, 0.25) is 0 Å². The van der Waals surface area contributed by atoms with E-state index in [4.69, 9.17) is 61.9 Å². The van der Waals surface area contributed by atoms with E-state index in [0.29, 0.717) is 62.3 Å². The predicted octanol–water partition coefficient (Wildman–Crippen LogP) is 3.36. The number of allylic oxidation sites excluding steroid dienone is 5. The van der Waals surface area contributed by atoms with E-state index in [-0.39, 0.29) is 46.8 Å². The van der Waals surface area contributed by atoms with Gasteiger partial charge < -0.3 is 98.1 Å². The van der Waals surface area contributed by atoms with E-state index in [0.717, 1.165) is 38.5 Å². The molecule has 10 aliphatic rings. The molecule has 0 unspecified atom stereocenters. The topological polar surface area (TPSA) is 380 Å². The molecular weight excluding hydrogens is 1140 g/mol. The van der Waals surface area contributed by atoms with Crippen molar-refractivity contribution in [2.45, 2.75) is 294 Å². The number of ether oxygens (including phenoxy) is 5. The summed E-state index contributed by atoms with van der Waals surface area (Å²) in [5, 5.41) is 80.1. The Morgan fingerprint density at radius 1 is 0.449 bits per heavy atom. The summed E-state index contributed by atoms with van der Waals surface area (Å²) in [4.78, 5) is 23.6. The Morgan fingerprint density at radius 2 is 0.769 bits per heavy atom. The van der Waals surface area contributed by atoms with Gasteiger partial charge in [0.1, 0.15) is 11.2 Å². The molecule has 0 radical (unpaired) electrons. The standard InChI is InChI=1S/2C11H22N2O4.C6H9BrO2.C6H9BrO.C6H14N2O2.C6H8O2.C6H8.C3H8/c2*1-11(2,3)17-10(16)13-7-4-6(12)8(14)5-9(7)15;7-3-1-5-6(9-5)2-4(3)8;7-5-3-1-2-4-6(5)8;7-3-1-4(8)6(10)2-5(3)9;1-3-5(7-3)2-6-4(1)8-6;1-2-4-6-5-3-1;1-3-2/h2*6-9,14-15H,4-5,12H2,1-3H3,(H,13,16);3-6,8H,1-2H2;1-2,5-6,8H,3-4H2;3-6,9-10H,1-2,7-8H2;3-6H,1-2H2;1-2,5-6H,3-4H2;3H2,1-2H3/t2*6-,7+,8-,9+;3-,4-,5-,6+;5-,6-;3-,4+,5-,6+;3-,4+,5+,6-;;/m1011..../s1. The molecule has 454 valence electrons. The molecule has 0 aromatic rings. The van der Waals surface area contributed by atoms with Crippen molar-refractivity contribution < 1.29 is 74.1 Å². The van der Waals surface area contributed by atoms with Crippen LogP contribution in [-0.4, -0.2) is 196 Å². The smallest absolute Gasteiger partial charge is 0.407 e. The number of aliphatic hydroxyl groups is 8. The lowest BCUT2D eigenvalue weighted by Gasteiger charge is -2.35. The number of hydrogen-bond donors (Lipinski definition) is 14. The maximum absolute atomic E-state index is 11.5. The van der Waals surface area contributed by atoms with Crippen molar-refractivity contribution in [3.8, 4) is 0 Å². The van der Waals surface area contributed by atoms with Crippen LogP contribution in [-0.2, 0) is 23.7 Å². The second-order valence-electron chi connectivity index (χ2n) is 23.8. The quantitative estimate of drug-likeness (QED) is 0.107. The van der Waals surface area contributed by atoms with Crippen molar-refractivity contribution in [1.29, 1.82) is 0 Å². The number of aliphatic hydroxyl groups excluding tert-OH is 8. The van der Waals surface area contributed by atoms with Crippen molar-refractivity contribution >= 4 is 44.0 Å². The molecule has 18 N–H and O–H groups in total. The Bertz CT molecular complexity index is 1680. The first-order chi connectivity index (χ1) is 36.4. The Morgan fingerprint density at radius 3 is 1.06 bits per heavy atom. The van der Waals surface area contributed by atoms with Crippen molar-refractivity contribution in [2.24, 2.45) is 22.9 Å². The zero-order chi connectivity index (χ0) is 58.7. The molecule has 21 nitrogen and oxygen atoms in total. The van der Waals surface area contributed by atoms with Crippen molar-refractivity contribution in [1.82, 2.24) is 10.6 Å². The zero-order valence-electron chi connectivity index (χ0n) is 47.3. The molecular formula is C55H100Br2N6O15. The molecule has 0 aromatic carbocycles. The summed E-state index contributed by atoms with van der Waals surface area (Å²) in [5.41, 5.74) is 21.2. The highest BCUT2D eigenvalue weighted by atomic mass is 79.9. The lowest BCUT2D eigenvalue weighted by molar-refractivity contribution is -0.00293. The van der Waals surface area contributed by atoms with Gasteiger partial charge in [-0.05, 0) is 92.9 Å². The maximum atomic E-state index is 11.5. The fourth-order valence-electron chi connectivity index (χ4n) is 9.15. The minimum atomic E-state index is -0.794. The average molecular weight is 1250 g/mol. The van der Waals surface area contributed by atoms with E-state index < -0.39 is 84.2 Å². The van der Waals surface area contributed by atoms with Gasteiger partial charge in [0.05, 0.1) is 97.5 Å². The highest BCUT2D eigenvalue weighted by molar-refractivity contribution is 9.09. The molecule has 3 aliphatic heterocycles. The number of amides is 2. The highest BCUT2D eigenvalue weighted by Gasteiger charge is 2.56. The van der Waals surface area contributed by atoms with Crippen LogP contribution < -0.4 is 33.6 Å². The first-order valence-corrected chi connectivity index (χ1v) is 29.9. The summed E-state index contributed by atoms with van der Waals surface area (Å²) in [6, 6.07) is -2.33. The molecule has 78 heavy (non-hydrogen) atoms. The molecule has 5 saturated carbocycles. The minimum absolute atomic E-state index is 0.167. The lowest BCUT2D eigenvalue weighted by Crippen LogP contribution is -2.55. The fourth-order valence-corrected chi connectivity index (χ4v) is 10.2. The average Bonchev–Trinajstić information content (AvgIpc) is 4.28. The molecule has 0 spiro atoms. The van der Waals surface area contributed by atoms with Gasteiger partial charge in [0, 0.05) is 72.3 Å². The number of carbonyl (C=O) groups is 2. The first-order valence-electron chi connectivity index (χ1n) is 28.1. The Kier molecular flexibility index (Phi) is 30.7. The zero-order valence-corrected chi connectivity index (χ0v) is 50.4. The minimum Gasteiger partial charge on any atom is -0.444 e. The van der Waals surface area contributed by atoms with Crippen LogP contribution in [0.4, 0.5) is 9.59 Å². The fraction of sp³-hybridized carbons (Fsp3) is 0.855. The number of rotatable bonds is 2. The number of alkyl carbamates (subject to hydrolysis) is 2. The van der Waals surface area contributed by atoms with Crippen molar-refractivity contribution in [3.63, 3.8) is 0 Å². The molecule has 22 atom stereocenters. The predicted molar refractivity (Wildman–Crippen MR) is 306 cm³/mol. The van der Waals surface area contributed by atoms with Gasteiger partial charge in [-0.3, -0.25) is 0 Å². The van der Waals surface area contributed by atoms with Gasteiger partial charge in [0.15, 0.2) is 0 Å².